The molecular formula is C12H9ClO4S. The Bertz CT molecular complexity index is 633. The maximum Gasteiger partial charge on any atom is 0.339 e. The van der Waals surface area contributed by atoms with E-state index >= 15 is 0 Å². The number of hydrogen-bond donors (Lipinski definition) is 1. The zero-order valence-corrected chi connectivity index (χ0v) is 10.6. The molecule has 4 nitrogen and oxygen atoms in total. The summed E-state index contributed by atoms with van der Waals surface area (Å²) < 4.78 is 28.6. The predicted molar refractivity (Wildman–Crippen MR) is 67.4 cm³/mol. The van der Waals surface area contributed by atoms with Gasteiger partial charge in [0.25, 0.3) is 0 Å². The number of benzene rings is 2. The molecule has 0 unspecified atom stereocenters. The second-order valence-electron chi connectivity index (χ2n) is 3.49. The number of hydrogen-bond acceptors (Lipinski definition) is 4. The normalized spacial score (nSPS) is 11.2. The summed E-state index contributed by atoms with van der Waals surface area (Å²) in [5.74, 6) is 0.161. The summed E-state index contributed by atoms with van der Waals surface area (Å²) in [5, 5.41) is 9.53. The molecule has 0 saturated heterocycles. The molecule has 0 radical (unpaired) electrons. The van der Waals surface area contributed by atoms with E-state index in [2.05, 4.69) is 0 Å². The van der Waals surface area contributed by atoms with Gasteiger partial charge in [-0.25, -0.2) is 0 Å². The highest BCUT2D eigenvalue weighted by Gasteiger charge is 2.16. The molecule has 94 valence electrons. The summed E-state index contributed by atoms with van der Waals surface area (Å²) in [6, 6.07) is 11.1. The summed E-state index contributed by atoms with van der Waals surface area (Å²) in [7, 11) is -3.88. The Labute approximate surface area is 110 Å². The molecule has 0 bridgehead atoms. The fraction of sp³-hybridized carbons (Fsp3) is 0. The lowest BCUT2D eigenvalue weighted by atomic mass is 10.3. The summed E-state index contributed by atoms with van der Waals surface area (Å²) in [6.07, 6.45) is 0. The van der Waals surface area contributed by atoms with Gasteiger partial charge >= 0.3 is 10.1 Å². The quantitative estimate of drug-likeness (QED) is 0.880. The van der Waals surface area contributed by atoms with Gasteiger partial charge in [-0.05, 0) is 48.5 Å². The van der Waals surface area contributed by atoms with E-state index in [1.807, 2.05) is 0 Å². The molecule has 18 heavy (non-hydrogen) atoms. The highest BCUT2D eigenvalue weighted by atomic mass is 35.5. The Kier molecular flexibility index (Phi) is 3.45. The fourth-order valence-corrected chi connectivity index (χ4v) is 2.33. The van der Waals surface area contributed by atoms with Gasteiger partial charge in [-0.1, -0.05) is 11.6 Å². The van der Waals surface area contributed by atoms with Gasteiger partial charge in [-0.15, -0.1) is 0 Å². The minimum atomic E-state index is -3.88. The van der Waals surface area contributed by atoms with Crippen molar-refractivity contribution < 1.29 is 17.7 Å². The lowest BCUT2D eigenvalue weighted by molar-refractivity contribution is 0.468. The Morgan fingerprint density at radius 3 is 2.06 bits per heavy atom. The van der Waals surface area contributed by atoms with Crippen LogP contribution >= 0.6 is 11.6 Å². The number of aromatic hydroxyl groups is 1. The van der Waals surface area contributed by atoms with E-state index in [0.717, 1.165) is 0 Å². The minimum Gasteiger partial charge on any atom is -0.508 e. The highest BCUT2D eigenvalue weighted by molar-refractivity contribution is 7.87. The van der Waals surface area contributed by atoms with E-state index < -0.39 is 10.1 Å². The molecule has 1 N–H and O–H groups in total. The van der Waals surface area contributed by atoms with E-state index in [9.17, 15) is 8.42 Å². The van der Waals surface area contributed by atoms with Crippen LogP contribution in [-0.4, -0.2) is 13.5 Å². The lowest BCUT2D eigenvalue weighted by Gasteiger charge is -2.06. The lowest BCUT2D eigenvalue weighted by Crippen LogP contribution is -2.09. The first-order chi connectivity index (χ1) is 8.47. The Morgan fingerprint density at radius 2 is 1.50 bits per heavy atom. The van der Waals surface area contributed by atoms with Gasteiger partial charge in [0, 0.05) is 5.02 Å². The van der Waals surface area contributed by atoms with Crippen molar-refractivity contribution in [3.8, 4) is 11.5 Å². The molecule has 0 saturated carbocycles. The third kappa shape index (κ3) is 2.94. The van der Waals surface area contributed by atoms with Crippen LogP contribution in [0.5, 0.6) is 11.5 Å². The molecule has 0 aromatic heterocycles. The van der Waals surface area contributed by atoms with Gasteiger partial charge in [0.05, 0.1) is 0 Å². The molecule has 0 spiro atoms. The third-order valence-electron chi connectivity index (χ3n) is 2.14. The van der Waals surface area contributed by atoms with E-state index in [4.69, 9.17) is 20.9 Å². The van der Waals surface area contributed by atoms with E-state index in [1.165, 1.54) is 48.5 Å². The van der Waals surface area contributed by atoms with E-state index in [0.29, 0.717) is 5.02 Å². The van der Waals surface area contributed by atoms with E-state index in [-0.39, 0.29) is 16.4 Å². The van der Waals surface area contributed by atoms with Crippen LogP contribution in [0.4, 0.5) is 0 Å². The molecule has 6 heteroatoms. The molecule has 0 aliphatic carbocycles. The second kappa shape index (κ2) is 4.88. The van der Waals surface area contributed by atoms with Crippen molar-refractivity contribution in [3.63, 3.8) is 0 Å². The average molecular weight is 285 g/mol. The molecule has 0 fully saturated rings. The van der Waals surface area contributed by atoms with Crippen LogP contribution in [0.25, 0.3) is 0 Å². The minimum absolute atomic E-state index is 0.0139. The third-order valence-corrected chi connectivity index (χ3v) is 3.66. The average Bonchev–Trinajstić information content (AvgIpc) is 2.32. The first-order valence-electron chi connectivity index (χ1n) is 4.96. The van der Waals surface area contributed by atoms with Crippen LogP contribution in [0.15, 0.2) is 53.4 Å². The molecule has 2 rings (SSSR count). The largest absolute Gasteiger partial charge is 0.508 e. The van der Waals surface area contributed by atoms with Crippen molar-refractivity contribution in [2.75, 3.05) is 0 Å². The monoisotopic (exact) mass is 284 g/mol. The highest BCUT2D eigenvalue weighted by Crippen LogP contribution is 2.21. The number of halogens is 1. The molecule has 0 aliphatic heterocycles. The summed E-state index contributed by atoms with van der Waals surface area (Å²) in [5.41, 5.74) is 0. The van der Waals surface area contributed by atoms with Crippen molar-refractivity contribution in [3.05, 3.63) is 53.6 Å². The molecule has 0 atom stereocenters. The Morgan fingerprint density at radius 1 is 0.944 bits per heavy atom. The smallest absolute Gasteiger partial charge is 0.339 e. The van der Waals surface area contributed by atoms with Gasteiger partial charge in [-0.3, -0.25) is 0 Å². The molecule has 2 aromatic carbocycles. The van der Waals surface area contributed by atoms with Crippen LogP contribution < -0.4 is 4.18 Å². The number of phenolic OH excluding ortho intramolecular Hbond substituents is 1. The van der Waals surface area contributed by atoms with Crippen molar-refractivity contribution in [1.29, 1.82) is 0 Å². The topological polar surface area (TPSA) is 63.6 Å². The molecule has 0 heterocycles. The first-order valence-corrected chi connectivity index (χ1v) is 6.75. The van der Waals surface area contributed by atoms with Gasteiger partial charge in [0.2, 0.25) is 0 Å². The summed E-state index contributed by atoms with van der Waals surface area (Å²) >= 11 is 5.68. The predicted octanol–water partition coefficient (Wildman–Crippen LogP) is 2.81. The summed E-state index contributed by atoms with van der Waals surface area (Å²) in [4.78, 5) is 0.0139. The maximum absolute atomic E-state index is 11.9. The SMILES string of the molecule is O=S(=O)(Oc1ccc(O)cc1)c1ccc(Cl)cc1. The zero-order valence-electron chi connectivity index (χ0n) is 9.08. The molecular weight excluding hydrogens is 276 g/mol. The van der Waals surface area contributed by atoms with Gasteiger partial charge < -0.3 is 9.29 Å². The van der Waals surface area contributed by atoms with Gasteiger partial charge in [0.1, 0.15) is 16.4 Å². The standard InChI is InChI=1S/C12H9ClO4S/c13-9-1-7-12(8-2-9)18(15,16)17-11-5-3-10(14)4-6-11/h1-8,14H. The number of phenols is 1. The van der Waals surface area contributed by atoms with Crippen molar-refractivity contribution in [2.24, 2.45) is 0 Å². The second-order valence-corrected chi connectivity index (χ2v) is 5.47. The molecule has 0 aliphatic rings. The Hall–Kier alpha value is -1.72. The van der Waals surface area contributed by atoms with Crippen LogP contribution in [0.2, 0.25) is 5.02 Å². The summed E-state index contributed by atoms with van der Waals surface area (Å²) in [6.45, 7) is 0. The maximum atomic E-state index is 11.9. The van der Waals surface area contributed by atoms with Gasteiger partial charge in [-0.2, -0.15) is 8.42 Å². The molecule has 0 amide bonds. The van der Waals surface area contributed by atoms with Crippen molar-refractivity contribution >= 4 is 21.7 Å². The van der Waals surface area contributed by atoms with Crippen molar-refractivity contribution in [1.82, 2.24) is 0 Å². The zero-order chi connectivity index (χ0) is 13.2. The van der Waals surface area contributed by atoms with Gasteiger partial charge in [0.15, 0.2) is 0 Å². The van der Waals surface area contributed by atoms with E-state index in [1.54, 1.807) is 0 Å². The molecule has 2 aromatic rings. The first kappa shape index (κ1) is 12.7. The van der Waals surface area contributed by atoms with Crippen molar-refractivity contribution in [2.45, 2.75) is 4.90 Å². The van der Waals surface area contributed by atoms with Crippen LogP contribution in [0, 0.1) is 0 Å². The van der Waals surface area contributed by atoms with Crippen LogP contribution in [0.3, 0.4) is 0 Å². The number of rotatable bonds is 3. The van der Waals surface area contributed by atoms with Crippen LogP contribution in [0.1, 0.15) is 0 Å². The fourth-order valence-electron chi connectivity index (χ4n) is 1.28. The van der Waals surface area contributed by atoms with Crippen LogP contribution in [-0.2, 0) is 10.1 Å². The Balaban J connectivity index is 2.27.